The summed E-state index contributed by atoms with van der Waals surface area (Å²) in [7, 11) is 0. The normalized spacial score (nSPS) is 0. The summed E-state index contributed by atoms with van der Waals surface area (Å²) in [5, 5.41) is 0. The Morgan fingerprint density at radius 3 is 0.800 bits per heavy atom. The third kappa shape index (κ3) is 18.6. The molecular weight excluding hydrogens is 474 g/mol. The van der Waals surface area contributed by atoms with Crippen LogP contribution < -0.4 is 0 Å². The van der Waals surface area contributed by atoms with E-state index in [2.05, 4.69) is 0 Å². The second kappa shape index (κ2) is 26.0. The molecule has 0 aliphatic rings. The van der Waals surface area contributed by atoms with Crippen LogP contribution >= 0.6 is 0 Å². The van der Waals surface area contributed by atoms with E-state index in [4.69, 9.17) is 0 Å². The maximum atomic E-state index is 0. The molecule has 0 nitrogen and oxygen atoms in total. The molecule has 0 aromatic rings. The molecule has 34 valence electrons. The van der Waals surface area contributed by atoms with Gasteiger partial charge in [0.15, 0.2) is 17.4 Å². The molecule has 0 rings (SSSR count). The first kappa shape index (κ1) is 39.4. The van der Waals surface area contributed by atoms with Gasteiger partial charge in [-0.2, -0.15) is 0 Å². The second-order valence-electron chi connectivity index (χ2n) is 0. The molecule has 0 amide bonds. The fraction of sp³-hybridized carbons (Fsp3) is 0. The van der Waals surface area contributed by atoms with E-state index < -0.39 is 0 Å². The molecule has 5 heteroatoms. The third-order valence-electron chi connectivity index (χ3n) is 0. The summed E-state index contributed by atoms with van der Waals surface area (Å²) in [4.78, 5) is 0. The van der Waals surface area contributed by atoms with E-state index in [-0.39, 0.29) is 108 Å². The summed E-state index contributed by atoms with van der Waals surface area (Å²) in [5.41, 5.74) is 0. The summed E-state index contributed by atoms with van der Waals surface area (Å²) in [6.45, 7) is 0. The topological polar surface area (TPSA) is 0 Å². The third-order valence-corrected chi connectivity index (χ3v) is 0. The van der Waals surface area contributed by atoms with E-state index in [1.807, 2.05) is 0 Å². The van der Waals surface area contributed by atoms with Gasteiger partial charge in [-0.25, -0.2) is 0 Å². The van der Waals surface area contributed by atoms with Gasteiger partial charge in [-0.15, -0.1) is 0 Å². The van der Waals surface area contributed by atoms with Crippen molar-refractivity contribution in [3.05, 3.63) is 0 Å². The van der Waals surface area contributed by atoms with Gasteiger partial charge in [0.25, 0.3) is 0 Å². The molecule has 0 N–H and O–H groups in total. The average molecular weight is 477 g/mol. The minimum absolute atomic E-state index is 0. The number of hydrogen-bond acceptors (Lipinski definition) is 0. The van der Waals surface area contributed by atoms with Crippen molar-refractivity contribution in [3.63, 3.8) is 0 Å². The van der Waals surface area contributed by atoms with Crippen molar-refractivity contribution >= 4 is 17.4 Å². The van der Waals surface area contributed by atoms with Crippen molar-refractivity contribution in [2.24, 2.45) is 0 Å². The van der Waals surface area contributed by atoms with Gasteiger partial charge in [-0.05, 0) is 0 Å². The summed E-state index contributed by atoms with van der Waals surface area (Å²) >= 11 is 0. The molecule has 0 radical (unpaired) electrons. The minimum atomic E-state index is 0. The first-order chi connectivity index (χ1) is 0. The minimum Gasteiger partial charge on any atom is 0 e. The maximum Gasteiger partial charge on any atom is 0.187 e. The van der Waals surface area contributed by atoms with Crippen LogP contribution in [0.5, 0.6) is 0 Å². The Bertz CT molecular complexity index is 9.61. The van der Waals surface area contributed by atoms with Crippen LogP contribution in [0.2, 0.25) is 0 Å². The molecule has 0 aromatic carbocycles. The zero-order valence-corrected chi connectivity index (χ0v) is 10.2. The summed E-state index contributed by atoms with van der Waals surface area (Å²) in [6, 6.07) is 0. The molecule has 0 fully saturated rings. The summed E-state index contributed by atoms with van der Waals surface area (Å²) in [6.07, 6.45) is 0. The molecule has 0 saturated carbocycles. The Balaban J connectivity index is 0. The Kier molecular flexibility index (Phi) is 205. The monoisotopic (exact) mass is 474 g/mol. The zero-order valence-electron chi connectivity index (χ0n) is 1.63. The number of hydrogen-bond donors (Lipinski definition) is 0. The predicted molar refractivity (Wildman–Crippen MR) is 9.94 cm³/mol. The van der Waals surface area contributed by atoms with Crippen molar-refractivity contribution in [2.45, 2.75) is 0 Å². The molecule has 0 aliphatic heterocycles. The second-order valence-corrected chi connectivity index (χ2v) is 0. The molecular formula is H3AlNi2UZr. The largest absolute Gasteiger partial charge is 0.187 e. The van der Waals surface area contributed by atoms with E-state index in [0.717, 1.165) is 0 Å². The molecule has 0 unspecified atom stereocenters. The van der Waals surface area contributed by atoms with Gasteiger partial charge < -0.3 is 0 Å². The molecule has 0 aliphatic carbocycles. The average Bonchev–Trinajstić information content (AvgIpc) is 0. The van der Waals surface area contributed by atoms with Gasteiger partial charge in [0, 0.05) is 90.3 Å². The van der Waals surface area contributed by atoms with Crippen LogP contribution in [0.25, 0.3) is 0 Å². The zero-order chi connectivity index (χ0) is 0. The van der Waals surface area contributed by atoms with E-state index in [1.54, 1.807) is 0 Å². The fourth-order valence-corrected chi connectivity index (χ4v) is 0. The Morgan fingerprint density at radius 2 is 0.800 bits per heavy atom. The molecule has 0 spiro atoms. The van der Waals surface area contributed by atoms with Gasteiger partial charge in [0.1, 0.15) is 0 Å². The van der Waals surface area contributed by atoms with E-state index in [0.29, 0.717) is 0 Å². The summed E-state index contributed by atoms with van der Waals surface area (Å²) in [5.74, 6) is 0. The smallest absolute Gasteiger partial charge is 0 e. The molecule has 0 atom stereocenters. The Hall–Kier alpha value is 3.45. The van der Waals surface area contributed by atoms with Gasteiger partial charge in [-0.1, -0.05) is 0 Å². The first-order valence-electron chi connectivity index (χ1n) is 0. The van der Waals surface area contributed by atoms with Crippen molar-refractivity contribution < 1.29 is 90.3 Å². The van der Waals surface area contributed by atoms with Crippen LogP contribution in [0.15, 0.2) is 0 Å². The fourth-order valence-electron chi connectivity index (χ4n) is 0. The van der Waals surface area contributed by atoms with Crippen molar-refractivity contribution in [1.82, 2.24) is 0 Å². The van der Waals surface area contributed by atoms with Crippen molar-refractivity contribution in [2.75, 3.05) is 0 Å². The van der Waals surface area contributed by atoms with Gasteiger partial charge in [0.2, 0.25) is 0 Å². The van der Waals surface area contributed by atoms with E-state index >= 15 is 0 Å². The molecule has 0 heterocycles. The van der Waals surface area contributed by atoms with Crippen LogP contribution in [0.3, 0.4) is 0 Å². The summed E-state index contributed by atoms with van der Waals surface area (Å²) < 4.78 is 0. The Morgan fingerprint density at radius 1 is 0.800 bits per heavy atom. The van der Waals surface area contributed by atoms with Crippen molar-refractivity contribution in [1.29, 1.82) is 0 Å². The first-order valence-corrected chi connectivity index (χ1v) is 0. The van der Waals surface area contributed by atoms with Gasteiger partial charge >= 0.3 is 0 Å². The van der Waals surface area contributed by atoms with E-state index in [1.165, 1.54) is 0 Å². The van der Waals surface area contributed by atoms with Gasteiger partial charge in [-0.3, -0.25) is 0 Å². The van der Waals surface area contributed by atoms with Crippen LogP contribution in [0.1, 0.15) is 0 Å². The molecule has 0 saturated heterocycles. The molecule has 0 aromatic heterocycles. The SMILES string of the molecule is [AlH3].[Ni].[Ni].[U].[Zr]. The van der Waals surface area contributed by atoms with E-state index in [9.17, 15) is 0 Å². The standard InChI is InChI=1S/Al.2Ni.U.Zr.3H. The molecule has 0 bridgehead atoms. The maximum absolute atomic E-state index is 0. The van der Waals surface area contributed by atoms with Crippen LogP contribution in [-0.2, 0) is 59.2 Å². The van der Waals surface area contributed by atoms with Crippen molar-refractivity contribution in [3.8, 4) is 0 Å². The van der Waals surface area contributed by atoms with Crippen LogP contribution in [0.4, 0.5) is 0 Å². The van der Waals surface area contributed by atoms with Crippen LogP contribution in [0, 0.1) is 31.1 Å². The Labute approximate surface area is 105 Å². The molecule has 5 heavy (non-hydrogen) atoms. The number of rotatable bonds is 0. The van der Waals surface area contributed by atoms with Crippen LogP contribution in [-0.4, -0.2) is 17.4 Å². The quantitative estimate of drug-likeness (QED) is 0.386. The van der Waals surface area contributed by atoms with Gasteiger partial charge in [0.05, 0.1) is 0 Å². The predicted octanol–water partition coefficient (Wildman–Crippen LogP) is -1.19.